The van der Waals surface area contributed by atoms with Crippen molar-refractivity contribution in [3.63, 3.8) is 0 Å². The molecule has 1 aliphatic heterocycles. The third-order valence-electron chi connectivity index (χ3n) is 3.90. The number of aliphatic carboxylic acids is 1. The Bertz CT molecular complexity index is 323. The molecule has 1 saturated carbocycles. The van der Waals surface area contributed by atoms with Crippen molar-refractivity contribution in [1.82, 2.24) is 5.32 Å². The molecule has 2 fully saturated rings. The average molecular weight is 255 g/mol. The van der Waals surface area contributed by atoms with Crippen molar-refractivity contribution in [3.8, 4) is 0 Å². The van der Waals surface area contributed by atoms with Crippen LogP contribution in [0.5, 0.6) is 0 Å². The predicted molar refractivity (Wildman–Crippen MR) is 65.2 cm³/mol. The Balaban J connectivity index is 1.75. The first-order valence-corrected chi connectivity index (χ1v) is 6.75. The molecule has 18 heavy (non-hydrogen) atoms. The summed E-state index contributed by atoms with van der Waals surface area (Å²) in [5, 5.41) is 11.4. The Morgan fingerprint density at radius 3 is 2.61 bits per heavy atom. The van der Waals surface area contributed by atoms with Crippen LogP contribution in [-0.4, -0.2) is 35.2 Å². The Morgan fingerprint density at radius 1 is 1.22 bits per heavy atom. The van der Waals surface area contributed by atoms with E-state index in [1.54, 1.807) is 0 Å². The summed E-state index contributed by atoms with van der Waals surface area (Å²) in [7, 11) is 0. The van der Waals surface area contributed by atoms with E-state index in [1.165, 1.54) is 19.3 Å². The van der Waals surface area contributed by atoms with Gasteiger partial charge >= 0.3 is 5.97 Å². The molecule has 0 bridgehead atoms. The van der Waals surface area contributed by atoms with E-state index >= 15 is 0 Å². The summed E-state index contributed by atoms with van der Waals surface area (Å²) in [6.07, 6.45) is 6.71. The lowest BCUT2D eigenvalue weighted by Crippen LogP contribution is -2.37. The largest absolute Gasteiger partial charge is 0.481 e. The zero-order valence-corrected chi connectivity index (χ0v) is 10.6. The van der Waals surface area contributed by atoms with Crippen molar-refractivity contribution in [3.05, 3.63) is 0 Å². The molecule has 0 unspecified atom stereocenters. The molecular weight excluding hydrogens is 234 g/mol. The highest BCUT2D eigenvalue weighted by atomic mass is 16.5. The number of nitrogens with one attached hydrogen (secondary N) is 1. The van der Waals surface area contributed by atoms with Crippen molar-refractivity contribution >= 4 is 11.9 Å². The van der Waals surface area contributed by atoms with Gasteiger partial charge in [0.25, 0.3) is 0 Å². The monoisotopic (exact) mass is 255 g/mol. The van der Waals surface area contributed by atoms with Crippen molar-refractivity contribution in [2.24, 2.45) is 0 Å². The number of rotatable bonds is 4. The smallest absolute Gasteiger partial charge is 0.303 e. The molecule has 1 spiro atoms. The van der Waals surface area contributed by atoms with Gasteiger partial charge in [-0.15, -0.1) is 0 Å². The minimum Gasteiger partial charge on any atom is -0.481 e. The van der Waals surface area contributed by atoms with Gasteiger partial charge in [-0.05, 0) is 19.3 Å². The maximum absolute atomic E-state index is 11.5. The molecule has 2 aliphatic rings. The maximum atomic E-state index is 11.5. The average Bonchev–Trinajstić information content (AvgIpc) is 2.70. The molecule has 0 aromatic rings. The van der Waals surface area contributed by atoms with Crippen LogP contribution in [0.2, 0.25) is 0 Å². The number of hydrogen-bond acceptors (Lipinski definition) is 3. The maximum Gasteiger partial charge on any atom is 0.303 e. The number of ether oxygens (including phenoxy) is 1. The third-order valence-corrected chi connectivity index (χ3v) is 3.90. The number of carboxylic acid groups (broad SMARTS) is 1. The molecule has 0 aromatic heterocycles. The second-order valence-electron chi connectivity index (χ2n) is 5.42. The van der Waals surface area contributed by atoms with Gasteiger partial charge in [-0.3, -0.25) is 9.59 Å². The van der Waals surface area contributed by atoms with Crippen LogP contribution in [0.1, 0.15) is 51.4 Å². The van der Waals surface area contributed by atoms with E-state index in [1.807, 2.05) is 0 Å². The van der Waals surface area contributed by atoms with E-state index < -0.39 is 5.97 Å². The van der Waals surface area contributed by atoms with Gasteiger partial charge in [0.1, 0.15) is 0 Å². The lowest BCUT2D eigenvalue weighted by atomic mass is 9.82. The number of carbonyl (C=O) groups is 2. The van der Waals surface area contributed by atoms with Gasteiger partial charge in [-0.2, -0.15) is 0 Å². The van der Waals surface area contributed by atoms with Crippen LogP contribution in [0.3, 0.4) is 0 Å². The van der Waals surface area contributed by atoms with E-state index in [-0.39, 0.29) is 30.4 Å². The topological polar surface area (TPSA) is 75.6 Å². The summed E-state index contributed by atoms with van der Waals surface area (Å²) in [5.74, 6) is -1.12. The minimum atomic E-state index is -0.934. The van der Waals surface area contributed by atoms with E-state index in [2.05, 4.69) is 5.32 Å². The lowest BCUT2D eigenvalue weighted by Gasteiger charge is -2.32. The highest BCUT2D eigenvalue weighted by Gasteiger charge is 2.41. The van der Waals surface area contributed by atoms with Gasteiger partial charge in [0.05, 0.1) is 24.7 Å². The van der Waals surface area contributed by atoms with Crippen molar-refractivity contribution in [2.45, 2.75) is 63.0 Å². The van der Waals surface area contributed by atoms with Gasteiger partial charge in [0, 0.05) is 6.42 Å². The Morgan fingerprint density at radius 2 is 1.94 bits per heavy atom. The molecule has 1 saturated heterocycles. The van der Waals surface area contributed by atoms with Crippen LogP contribution >= 0.6 is 0 Å². The molecule has 102 valence electrons. The first-order valence-electron chi connectivity index (χ1n) is 6.75. The zero-order valence-electron chi connectivity index (χ0n) is 10.6. The van der Waals surface area contributed by atoms with Gasteiger partial charge in [0.2, 0.25) is 5.91 Å². The van der Waals surface area contributed by atoms with Gasteiger partial charge < -0.3 is 15.2 Å². The number of amides is 1. The van der Waals surface area contributed by atoms with Crippen LogP contribution in [0, 0.1) is 0 Å². The predicted octanol–water partition coefficient (Wildman–Crippen LogP) is 1.46. The molecule has 1 amide bonds. The fourth-order valence-corrected chi connectivity index (χ4v) is 3.00. The summed E-state index contributed by atoms with van der Waals surface area (Å²) in [4.78, 5) is 21.9. The number of carboxylic acids is 1. The first kappa shape index (κ1) is 13.3. The van der Waals surface area contributed by atoms with Gasteiger partial charge in [-0.25, -0.2) is 0 Å². The lowest BCUT2D eigenvalue weighted by molar-refractivity contribution is -0.138. The Hall–Kier alpha value is -1.10. The molecule has 1 aliphatic carbocycles. The molecule has 1 atom stereocenters. The van der Waals surface area contributed by atoms with Crippen molar-refractivity contribution in [2.75, 3.05) is 6.61 Å². The molecule has 0 aromatic carbocycles. The van der Waals surface area contributed by atoms with E-state index in [0.29, 0.717) is 6.61 Å². The van der Waals surface area contributed by atoms with Crippen molar-refractivity contribution in [1.29, 1.82) is 0 Å². The summed E-state index contributed by atoms with van der Waals surface area (Å²) < 4.78 is 5.89. The molecule has 5 nitrogen and oxygen atoms in total. The second-order valence-corrected chi connectivity index (χ2v) is 5.42. The zero-order chi connectivity index (χ0) is 13.0. The van der Waals surface area contributed by atoms with Crippen LogP contribution in [0.4, 0.5) is 0 Å². The second kappa shape index (κ2) is 5.69. The van der Waals surface area contributed by atoms with Gasteiger partial charge in [0.15, 0.2) is 0 Å². The molecule has 1 heterocycles. The van der Waals surface area contributed by atoms with Crippen LogP contribution in [0.15, 0.2) is 0 Å². The fourth-order valence-electron chi connectivity index (χ4n) is 3.00. The highest BCUT2D eigenvalue weighted by Crippen LogP contribution is 2.39. The standard InChI is InChI=1S/C13H21NO4/c15-11(4-5-12(16)17)14-10-8-13(18-9-10)6-2-1-3-7-13/h10H,1-9H2,(H,14,15)(H,16,17)/t10-/m0/s1. The SMILES string of the molecule is O=C(O)CCC(=O)N[C@@H]1COC2(CCCCC2)C1. The van der Waals surface area contributed by atoms with Crippen molar-refractivity contribution < 1.29 is 19.4 Å². The number of carbonyl (C=O) groups excluding carboxylic acids is 1. The Kier molecular flexibility index (Phi) is 4.22. The van der Waals surface area contributed by atoms with E-state index in [0.717, 1.165) is 19.3 Å². The molecule has 5 heteroatoms. The quantitative estimate of drug-likeness (QED) is 0.797. The van der Waals surface area contributed by atoms with Crippen LogP contribution < -0.4 is 5.32 Å². The van der Waals surface area contributed by atoms with Crippen LogP contribution in [-0.2, 0) is 14.3 Å². The molecular formula is C13H21NO4. The molecule has 0 radical (unpaired) electrons. The van der Waals surface area contributed by atoms with Crippen LogP contribution in [0.25, 0.3) is 0 Å². The van der Waals surface area contributed by atoms with E-state index in [4.69, 9.17) is 9.84 Å². The summed E-state index contributed by atoms with van der Waals surface area (Å²) >= 11 is 0. The molecule has 2 N–H and O–H groups in total. The minimum absolute atomic E-state index is 0.0109. The fraction of sp³-hybridized carbons (Fsp3) is 0.846. The molecule has 2 rings (SSSR count). The summed E-state index contributed by atoms with van der Waals surface area (Å²) in [5.41, 5.74) is -0.0109. The number of hydrogen-bond donors (Lipinski definition) is 2. The summed E-state index contributed by atoms with van der Waals surface area (Å²) in [6, 6.07) is 0.0596. The Labute approximate surface area is 107 Å². The highest BCUT2D eigenvalue weighted by molar-refractivity contribution is 5.80. The van der Waals surface area contributed by atoms with Gasteiger partial charge in [-0.1, -0.05) is 19.3 Å². The normalized spacial score (nSPS) is 26.1. The first-order chi connectivity index (χ1) is 8.60. The third kappa shape index (κ3) is 3.45. The summed E-state index contributed by atoms with van der Waals surface area (Å²) in [6.45, 7) is 0.568. The van der Waals surface area contributed by atoms with E-state index in [9.17, 15) is 9.59 Å².